The van der Waals surface area contributed by atoms with Crippen LogP contribution in [-0.2, 0) is 0 Å². The summed E-state index contributed by atoms with van der Waals surface area (Å²) < 4.78 is 10.9. The molecule has 0 aliphatic carbocycles. The average molecular weight is 260 g/mol. The van der Waals surface area contributed by atoms with Crippen LogP contribution in [0.1, 0.15) is 31.6 Å². The minimum atomic E-state index is 0.258. The number of hydrogen-bond acceptors (Lipinski definition) is 6. The topological polar surface area (TPSA) is 73.1 Å². The molecule has 1 aliphatic heterocycles. The van der Waals surface area contributed by atoms with Gasteiger partial charge in [0.15, 0.2) is 11.5 Å². The third-order valence-electron chi connectivity index (χ3n) is 3.12. The summed E-state index contributed by atoms with van der Waals surface area (Å²) in [6.07, 6.45) is 5.47. The molecule has 2 aromatic rings. The molecule has 3 rings (SSSR count). The van der Waals surface area contributed by atoms with E-state index in [0.29, 0.717) is 23.9 Å². The van der Waals surface area contributed by atoms with Gasteiger partial charge in [-0.15, -0.1) is 0 Å². The van der Waals surface area contributed by atoms with Crippen molar-refractivity contribution >= 4 is 0 Å². The average Bonchev–Trinajstić information content (AvgIpc) is 3.11. The molecule has 0 bridgehead atoms. The Balaban J connectivity index is 1.89. The van der Waals surface area contributed by atoms with Gasteiger partial charge in [0.2, 0.25) is 5.88 Å². The van der Waals surface area contributed by atoms with Gasteiger partial charge < -0.3 is 14.6 Å². The van der Waals surface area contributed by atoms with Crippen LogP contribution in [0, 0.1) is 0 Å². The molecule has 0 radical (unpaired) electrons. The molecule has 0 aromatic carbocycles. The first-order valence-electron chi connectivity index (χ1n) is 6.52. The molecule has 1 fully saturated rings. The number of nitrogens with zero attached hydrogens (tertiary/aromatic N) is 3. The second-order valence-corrected chi connectivity index (χ2v) is 4.41. The number of aromatic nitrogens is 3. The second kappa shape index (κ2) is 5.36. The summed E-state index contributed by atoms with van der Waals surface area (Å²) in [7, 11) is 0. The number of rotatable bonds is 4. The molecular weight excluding hydrogens is 244 g/mol. The highest BCUT2D eigenvalue weighted by Crippen LogP contribution is 2.29. The molecule has 6 nitrogen and oxygen atoms in total. The predicted octanol–water partition coefficient (Wildman–Crippen LogP) is 1.95. The van der Waals surface area contributed by atoms with Gasteiger partial charge in [-0.2, -0.15) is 0 Å². The van der Waals surface area contributed by atoms with Crippen molar-refractivity contribution in [2.24, 2.45) is 0 Å². The maximum absolute atomic E-state index is 5.46. The zero-order chi connectivity index (χ0) is 13.1. The molecule has 0 spiro atoms. The Morgan fingerprint density at radius 2 is 2.32 bits per heavy atom. The Labute approximate surface area is 111 Å². The minimum Gasteiger partial charge on any atom is -0.476 e. The number of hydrogen-bond donors (Lipinski definition) is 1. The molecule has 1 atom stereocenters. The van der Waals surface area contributed by atoms with Gasteiger partial charge in [0.05, 0.1) is 12.6 Å². The van der Waals surface area contributed by atoms with E-state index in [9.17, 15) is 0 Å². The molecule has 6 heteroatoms. The van der Waals surface area contributed by atoms with Gasteiger partial charge in [-0.3, -0.25) is 0 Å². The van der Waals surface area contributed by atoms with E-state index in [2.05, 4.69) is 20.4 Å². The van der Waals surface area contributed by atoms with Crippen LogP contribution in [0.2, 0.25) is 0 Å². The second-order valence-electron chi connectivity index (χ2n) is 4.41. The molecule has 100 valence electrons. The van der Waals surface area contributed by atoms with E-state index in [-0.39, 0.29) is 6.04 Å². The lowest BCUT2D eigenvalue weighted by atomic mass is 10.1. The summed E-state index contributed by atoms with van der Waals surface area (Å²) in [5.41, 5.74) is 1.29. The fourth-order valence-electron chi connectivity index (χ4n) is 2.24. The van der Waals surface area contributed by atoms with E-state index in [1.807, 2.05) is 13.0 Å². The molecule has 3 heterocycles. The Morgan fingerprint density at radius 3 is 3.11 bits per heavy atom. The molecular formula is C13H16N4O2. The standard InChI is InChI=1S/C13H16N4O2/c1-2-18-13-12(15-6-7-16-13)10-8-11(19-17-10)9-4-3-5-14-9/h6-9,14H,2-5H2,1H3/t9-/m0/s1. The van der Waals surface area contributed by atoms with E-state index in [1.165, 1.54) is 0 Å². The lowest BCUT2D eigenvalue weighted by Crippen LogP contribution is -2.11. The summed E-state index contributed by atoms with van der Waals surface area (Å²) in [5, 5.41) is 7.45. The molecule has 2 aromatic heterocycles. The summed E-state index contributed by atoms with van der Waals surface area (Å²) >= 11 is 0. The lowest BCUT2D eigenvalue weighted by Gasteiger charge is -2.04. The van der Waals surface area contributed by atoms with Gasteiger partial charge in [-0.1, -0.05) is 5.16 Å². The van der Waals surface area contributed by atoms with E-state index in [4.69, 9.17) is 9.26 Å². The smallest absolute Gasteiger partial charge is 0.242 e. The maximum atomic E-state index is 5.46. The van der Waals surface area contributed by atoms with Crippen molar-refractivity contribution in [3.63, 3.8) is 0 Å². The molecule has 0 saturated carbocycles. The van der Waals surface area contributed by atoms with E-state index < -0.39 is 0 Å². The van der Waals surface area contributed by atoms with Gasteiger partial charge in [0.25, 0.3) is 0 Å². The van der Waals surface area contributed by atoms with Crippen LogP contribution in [0.5, 0.6) is 5.88 Å². The van der Waals surface area contributed by atoms with Crippen LogP contribution in [0.25, 0.3) is 11.4 Å². The molecule has 0 amide bonds. The van der Waals surface area contributed by atoms with Crippen molar-refractivity contribution in [2.75, 3.05) is 13.2 Å². The molecule has 0 unspecified atom stereocenters. The van der Waals surface area contributed by atoms with E-state index >= 15 is 0 Å². The van der Waals surface area contributed by atoms with Gasteiger partial charge in [0, 0.05) is 18.5 Å². The van der Waals surface area contributed by atoms with Gasteiger partial charge in [-0.05, 0) is 26.3 Å². The first kappa shape index (κ1) is 12.1. The SMILES string of the molecule is CCOc1nccnc1-c1cc([C@@H]2CCCN2)on1. The van der Waals surface area contributed by atoms with Gasteiger partial charge >= 0.3 is 0 Å². The normalized spacial score (nSPS) is 18.7. The van der Waals surface area contributed by atoms with Gasteiger partial charge in [-0.25, -0.2) is 9.97 Å². The minimum absolute atomic E-state index is 0.258. The number of ether oxygens (including phenoxy) is 1. The first-order valence-corrected chi connectivity index (χ1v) is 6.52. The third-order valence-corrected chi connectivity index (χ3v) is 3.12. The third kappa shape index (κ3) is 2.44. The fourth-order valence-corrected chi connectivity index (χ4v) is 2.24. The highest BCUT2D eigenvalue weighted by atomic mass is 16.5. The Bertz CT molecular complexity index is 549. The fraction of sp³-hybridized carbons (Fsp3) is 0.462. The summed E-state index contributed by atoms with van der Waals surface area (Å²) in [4.78, 5) is 8.45. The monoisotopic (exact) mass is 260 g/mol. The summed E-state index contributed by atoms with van der Waals surface area (Å²) in [6, 6.07) is 2.17. The van der Waals surface area contributed by atoms with Crippen molar-refractivity contribution in [3.05, 3.63) is 24.2 Å². The first-order chi connectivity index (χ1) is 9.38. The highest BCUT2D eigenvalue weighted by molar-refractivity contribution is 5.59. The van der Waals surface area contributed by atoms with Crippen LogP contribution in [0.3, 0.4) is 0 Å². The highest BCUT2D eigenvalue weighted by Gasteiger charge is 2.22. The molecule has 1 aliphatic rings. The van der Waals surface area contributed by atoms with Crippen LogP contribution in [-0.4, -0.2) is 28.3 Å². The van der Waals surface area contributed by atoms with Crippen LogP contribution in [0.4, 0.5) is 0 Å². The van der Waals surface area contributed by atoms with E-state index in [0.717, 1.165) is 25.1 Å². The maximum Gasteiger partial charge on any atom is 0.242 e. The quantitative estimate of drug-likeness (QED) is 0.905. The summed E-state index contributed by atoms with van der Waals surface area (Å²) in [5.74, 6) is 1.34. The largest absolute Gasteiger partial charge is 0.476 e. The summed E-state index contributed by atoms with van der Waals surface area (Å²) in [6.45, 7) is 3.48. The van der Waals surface area contributed by atoms with Crippen LogP contribution < -0.4 is 10.1 Å². The molecule has 19 heavy (non-hydrogen) atoms. The van der Waals surface area contributed by atoms with Crippen molar-refractivity contribution in [2.45, 2.75) is 25.8 Å². The predicted molar refractivity (Wildman–Crippen MR) is 68.7 cm³/mol. The Hall–Kier alpha value is -1.95. The zero-order valence-corrected chi connectivity index (χ0v) is 10.8. The Kier molecular flexibility index (Phi) is 3.41. The van der Waals surface area contributed by atoms with E-state index in [1.54, 1.807) is 12.4 Å². The van der Waals surface area contributed by atoms with Crippen LogP contribution in [0.15, 0.2) is 23.0 Å². The van der Waals surface area contributed by atoms with Crippen molar-refractivity contribution in [3.8, 4) is 17.3 Å². The zero-order valence-electron chi connectivity index (χ0n) is 10.8. The van der Waals surface area contributed by atoms with Crippen LogP contribution >= 0.6 is 0 Å². The lowest BCUT2D eigenvalue weighted by molar-refractivity contribution is 0.325. The van der Waals surface area contributed by atoms with Crippen molar-refractivity contribution in [1.29, 1.82) is 0 Å². The Morgan fingerprint density at radius 1 is 1.42 bits per heavy atom. The van der Waals surface area contributed by atoms with Gasteiger partial charge in [0.1, 0.15) is 5.69 Å². The number of nitrogens with one attached hydrogen (secondary N) is 1. The van der Waals surface area contributed by atoms with Crippen molar-refractivity contribution in [1.82, 2.24) is 20.4 Å². The van der Waals surface area contributed by atoms with Crippen molar-refractivity contribution < 1.29 is 9.26 Å². The molecule has 1 N–H and O–H groups in total. The molecule has 1 saturated heterocycles.